The first kappa shape index (κ1) is 14.9. The molecular weight excluding hydrogens is 270 g/mol. The van der Waals surface area contributed by atoms with Gasteiger partial charge in [0.15, 0.2) is 0 Å². The summed E-state index contributed by atoms with van der Waals surface area (Å²) in [6.07, 6.45) is 7.80. The number of hydrogen-bond acceptors (Lipinski definition) is 2. The normalized spacial score (nSPS) is 23.6. The van der Waals surface area contributed by atoms with E-state index in [0.717, 1.165) is 19.2 Å². The third-order valence-electron chi connectivity index (χ3n) is 5.46. The first-order valence-electron chi connectivity index (χ1n) is 8.02. The van der Waals surface area contributed by atoms with Gasteiger partial charge < -0.3 is 5.73 Å². The van der Waals surface area contributed by atoms with Gasteiger partial charge in [0.25, 0.3) is 0 Å². The van der Waals surface area contributed by atoms with Crippen molar-refractivity contribution in [3.05, 3.63) is 35.4 Å². The molecule has 4 heteroatoms. The summed E-state index contributed by atoms with van der Waals surface area (Å²) in [4.78, 5) is 2.30. The fourth-order valence-corrected chi connectivity index (χ4v) is 4.20. The predicted molar refractivity (Wildman–Crippen MR) is 79.9 cm³/mol. The lowest BCUT2D eigenvalue weighted by molar-refractivity contribution is 0.0778. The smallest absolute Gasteiger partial charge is 0.126 e. The number of nitrogens with zero attached hydrogens (tertiary/aromatic N) is 1. The Bertz CT molecular complexity index is 467. The van der Waals surface area contributed by atoms with Crippen LogP contribution in [0, 0.1) is 17.0 Å². The average Bonchev–Trinajstić information content (AvgIpc) is 2.89. The molecule has 2 aliphatic rings. The van der Waals surface area contributed by atoms with Gasteiger partial charge in [-0.05, 0) is 61.9 Å². The standard InChI is InChI=1S/C17H24F2N2/c18-14-9-13(10-15(19)11-14)16(12-20)21-7-5-17(6-8-21)3-1-2-4-17/h9-11,16H,1-8,12,20H2. The summed E-state index contributed by atoms with van der Waals surface area (Å²) in [6, 6.07) is 3.68. The van der Waals surface area contributed by atoms with Crippen LogP contribution >= 0.6 is 0 Å². The number of benzene rings is 1. The second kappa shape index (κ2) is 6.01. The van der Waals surface area contributed by atoms with Crippen LogP contribution in [0.3, 0.4) is 0 Å². The lowest BCUT2D eigenvalue weighted by Gasteiger charge is -2.42. The molecule has 2 nitrogen and oxygen atoms in total. The van der Waals surface area contributed by atoms with Crippen LogP contribution in [0.25, 0.3) is 0 Å². The van der Waals surface area contributed by atoms with Crippen molar-refractivity contribution in [1.29, 1.82) is 0 Å². The van der Waals surface area contributed by atoms with E-state index in [1.54, 1.807) is 0 Å². The van der Waals surface area contributed by atoms with Crippen LogP contribution in [-0.4, -0.2) is 24.5 Å². The maximum absolute atomic E-state index is 13.4. The molecule has 1 aromatic carbocycles. The lowest BCUT2D eigenvalue weighted by Crippen LogP contribution is -2.43. The van der Waals surface area contributed by atoms with Crippen molar-refractivity contribution in [2.75, 3.05) is 19.6 Å². The minimum Gasteiger partial charge on any atom is -0.329 e. The first-order chi connectivity index (χ1) is 10.1. The monoisotopic (exact) mass is 294 g/mol. The molecule has 0 radical (unpaired) electrons. The summed E-state index contributed by atoms with van der Waals surface area (Å²) in [5, 5.41) is 0. The van der Waals surface area contributed by atoms with E-state index in [1.807, 2.05) is 0 Å². The third kappa shape index (κ3) is 3.11. The van der Waals surface area contributed by atoms with Gasteiger partial charge in [-0.15, -0.1) is 0 Å². The quantitative estimate of drug-likeness (QED) is 0.922. The minimum atomic E-state index is -0.521. The molecule has 0 aromatic heterocycles. The summed E-state index contributed by atoms with van der Waals surface area (Å²) in [5.41, 5.74) is 7.10. The summed E-state index contributed by atoms with van der Waals surface area (Å²) >= 11 is 0. The van der Waals surface area contributed by atoms with Crippen molar-refractivity contribution in [2.45, 2.75) is 44.6 Å². The average molecular weight is 294 g/mol. The van der Waals surface area contributed by atoms with Crippen LogP contribution in [-0.2, 0) is 0 Å². The Kier molecular flexibility index (Phi) is 4.27. The van der Waals surface area contributed by atoms with Gasteiger partial charge in [-0.2, -0.15) is 0 Å². The molecular formula is C17H24F2N2. The highest BCUT2D eigenvalue weighted by Gasteiger charge is 2.38. The molecule has 2 N–H and O–H groups in total. The van der Waals surface area contributed by atoms with Gasteiger partial charge in [0, 0.05) is 18.7 Å². The number of rotatable bonds is 3. The molecule has 1 unspecified atom stereocenters. The number of hydrogen-bond donors (Lipinski definition) is 1. The van der Waals surface area contributed by atoms with Crippen LogP contribution in [0.1, 0.15) is 50.1 Å². The van der Waals surface area contributed by atoms with Crippen molar-refractivity contribution in [3.8, 4) is 0 Å². The number of nitrogens with two attached hydrogens (primary N) is 1. The number of piperidine rings is 1. The van der Waals surface area contributed by atoms with Crippen molar-refractivity contribution in [2.24, 2.45) is 11.1 Å². The molecule has 3 rings (SSSR count). The van der Waals surface area contributed by atoms with E-state index in [-0.39, 0.29) is 6.04 Å². The van der Waals surface area contributed by atoms with E-state index in [2.05, 4.69) is 4.90 Å². The van der Waals surface area contributed by atoms with Crippen molar-refractivity contribution < 1.29 is 8.78 Å². The molecule has 1 saturated heterocycles. The highest BCUT2D eigenvalue weighted by molar-refractivity contribution is 5.22. The molecule has 1 saturated carbocycles. The van der Waals surface area contributed by atoms with Gasteiger partial charge in [0.2, 0.25) is 0 Å². The summed E-state index contributed by atoms with van der Waals surface area (Å²) in [7, 11) is 0. The topological polar surface area (TPSA) is 29.3 Å². The van der Waals surface area contributed by atoms with E-state index in [9.17, 15) is 8.78 Å². The second-order valence-corrected chi connectivity index (χ2v) is 6.70. The van der Waals surface area contributed by atoms with E-state index in [1.165, 1.54) is 50.7 Å². The highest BCUT2D eigenvalue weighted by Crippen LogP contribution is 2.47. The Hall–Kier alpha value is -1.00. The maximum atomic E-state index is 13.4. The molecule has 2 fully saturated rings. The van der Waals surface area contributed by atoms with Gasteiger partial charge in [-0.25, -0.2) is 8.78 Å². The van der Waals surface area contributed by atoms with Crippen LogP contribution in [0.2, 0.25) is 0 Å². The first-order valence-corrected chi connectivity index (χ1v) is 8.02. The van der Waals surface area contributed by atoms with Crippen LogP contribution in [0.15, 0.2) is 18.2 Å². The van der Waals surface area contributed by atoms with Gasteiger partial charge in [-0.3, -0.25) is 4.90 Å². The molecule has 1 atom stereocenters. The summed E-state index contributed by atoms with van der Waals surface area (Å²) in [5.74, 6) is -1.04. The largest absolute Gasteiger partial charge is 0.329 e. The summed E-state index contributed by atoms with van der Waals surface area (Å²) < 4.78 is 26.9. The SMILES string of the molecule is NCC(c1cc(F)cc(F)c1)N1CCC2(CCCC2)CC1. The third-order valence-corrected chi connectivity index (χ3v) is 5.46. The van der Waals surface area contributed by atoms with Crippen LogP contribution in [0.5, 0.6) is 0 Å². The van der Waals surface area contributed by atoms with Crippen LogP contribution in [0.4, 0.5) is 8.78 Å². The molecule has 1 spiro atoms. The number of likely N-dealkylation sites (tertiary alicyclic amines) is 1. The van der Waals surface area contributed by atoms with Gasteiger partial charge in [-0.1, -0.05) is 12.8 Å². The zero-order valence-electron chi connectivity index (χ0n) is 12.5. The predicted octanol–water partition coefficient (Wildman–Crippen LogP) is 3.62. The fraction of sp³-hybridized carbons (Fsp3) is 0.647. The highest BCUT2D eigenvalue weighted by atomic mass is 19.1. The molecule has 0 bridgehead atoms. The fourth-order valence-electron chi connectivity index (χ4n) is 4.20. The van der Waals surface area contributed by atoms with E-state index in [0.29, 0.717) is 17.5 Å². The summed E-state index contributed by atoms with van der Waals surface area (Å²) in [6.45, 7) is 2.37. The molecule has 116 valence electrons. The molecule has 21 heavy (non-hydrogen) atoms. The number of halogens is 2. The molecule has 1 aromatic rings. The molecule has 1 aliphatic carbocycles. The van der Waals surface area contributed by atoms with Crippen molar-refractivity contribution in [3.63, 3.8) is 0 Å². The lowest BCUT2D eigenvalue weighted by atomic mass is 9.76. The van der Waals surface area contributed by atoms with E-state index < -0.39 is 11.6 Å². The minimum absolute atomic E-state index is 0.0750. The van der Waals surface area contributed by atoms with Gasteiger partial charge >= 0.3 is 0 Å². The van der Waals surface area contributed by atoms with Crippen molar-refractivity contribution in [1.82, 2.24) is 4.90 Å². The van der Waals surface area contributed by atoms with Crippen LogP contribution < -0.4 is 5.73 Å². The molecule has 0 amide bonds. The maximum Gasteiger partial charge on any atom is 0.126 e. The Morgan fingerprint density at radius 2 is 1.57 bits per heavy atom. The Morgan fingerprint density at radius 3 is 2.10 bits per heavy atom. The Labute approximate surface area is 125 Å². The van der Waals surface area contributed by atoms with Gasteiger partial charge in [0.05, 0.1) is 0 Å². The Morgan fingerprint density at radius 1 is 1.00 bits per heavy atom. The molecule has 1 heterocycles. The van der Waals surface area contributed by atoms with Crippen molar-refractivity contribution >= 4 is 0 Å². The van der Waals surface area contributed by atoms with E-state index in [4.69, 9.17) is 5.73 Å². The second-order valence-electron chi connectivity index (χ2n) is 6.70. The zero-order chi connectivity index (χ0) is 14.9. The zero-order valence-corrected chi connectivity index (χ0v) is 12.5. The van der Waals surface area contributed by atoms with E-state index >= 15 is 0 Å². The Balaban J connectivity index is 1.72. The molecule has 1 aliphatic heterocycles. The van der Waals surface area contributed by atoms with Gasteiger partial charge in [0.1, 0.15) is 11.6 Å².